The summed E-state index contributed by atoms with van der Waals surface area (Å²) >= 11 is 12.5. The Hall–Kier alpha value is -0.650. The predicted octanol–water partition coefficient (Wildman–Crippen LogP) is 4.11. The van der Waals surface area contributed by atoms with E-state index in [2.05, 4.69) is 36.8 Å². The van der Waals surface area contributed by atoms with Gasteiger partial charge in [0.2, 0.25) is 0 Å². The van der Waals surface area contributed by atoms with Crippen LogP contribution in [-0.2, 0) is 0 Å². The van der Waals surface area contributed by atoms with Crippen LogP contribution in [0.4, 0.5) is 0 Å². The van der Waals surface area contributed by atoms with Gasteiger partial charge in [-0.1, -0.05) is 27.5 Å². The summed E-state index contributed by atoms with van der Waals surface area (Å²) in [5, 5.41) is 9.62. The molecular formula is C10H4Br2ClNO2. The number of carboxylic acid groups (broad SMARTS) is 1. The van der Waals surface area contributed by atoms with Gasteiger partial charge in [-0.25, -0.2) is 9.78 Å². The first-order valence-corrected chi connectivity index (χ1v) is 6.14. The van der Waals surface area contributed by atoms with Gasteiger partial charge in [0, 0.05) is 14.3 Å². The fourth-order valence-electron chi connectivity index (χ4n) is 1.32. The number of aromatic carboxylic acids is 1. The van der Waals surface area contributed by atoms with Crippen LogP contribution in [0.5, 0.6) is 0 Å². The molecule has 16 heavy (non-hydrogen) atoms. The fraction of sp³-hybridized carbons (Fsp3) is 0. The number of fused-ring (bicyclic) bond motifs is 1. The van der Waals surface area contributed by atoms with E-state index in [-0.39, 0.29) is 10.7 Å². The van der Waals surface area contributed by atoms with Crippen molar-refractivity contribution in [3.63, 3.8) is 0 Å². The molecular weight excluding hydrogens is 361 g/mol. The lowest BCUT2D eigenvalue weighted by Crippen LogP contribution is -1.99. The Kier molecular flexibility index (Phi) is 3.19. The number of carboxylic acids is 1. The lowest BCUT2D eigenvalue weighted by molar-refractivity contribution is 0.0697. The standard InChI is InChI=1S/C10H4Br2ClNO2/c11-6-1-2-7(12)8-4(6)3-5(10(15)16)9(13)14-8/h1-3H,(H,15,16). The molecule has 6 heteroatoms. The molecule has 1 heterocycles. The highest BCUT2D eigenvalue weighted by Gasteiger charge is 2.14. The normalized spacial score (nSPS) is 10.7. The van der Waals surface area contributed by atoms with E-state index in [0.717, 1.165) is 8.95 Å². The molecule has 0 bridgehead atoms. The molecule has 0 saturated heterocycles. The average molecular weight is 365 g/mol. The number of benzene rings is 1. The number of aromatic nitrogens is 1. The second-order valence-corrected chi connectivity index (χ2v) is 5.12. The average Bonchev–Trinajstić information content (AvgIpc) is 2.23. The molecule has 1 N–H and O–H groups in total. The highest BCUT2D eigenvalue weighted by molar-refractivity contribution is 9.11. The zero-order valence-electron chi connectivity index (χ0n) is 7.67. The van der Waals surface area contributed by atoms with Gasteiger partial charge in [-0.2, -0.15) is 0 Å². The van der Waals surface area contributed by atoms with E-state index >= 15 is 0 Å². The van der Waals surface area contributed by atoms with Gasteiger partial charge < -0.3 is 5.11 Å². The Morgan fingerprint density at radius 2 is 1.94 bits per heavy atom. The van der Waals surface area contributed by atoms with Crippen molar-refractivity contribution in [2.24, 2.45) is 0 Å². The molecule has 0 aliphatic heterocycles. The highest BCUT2D eigenvalue weighted by Crippen LogP contribution is 2.31. The lowest BCUT2D eigenvalue weighted by atomic mass is 10.1. The number of nitrogens with zero attached hydrogens (tertiary/aromatic N) is 1. The lowest BCUT2D eigenvalue weighted by Gasteiger charge is -2.05. The summed E-state index contributed by atoms with van der Waals surface area (Å²) in [6.45, 7) is 0. The Balaban J connectivity index is 2.89. The summed E-state index contributed by atoms with van der Waals surface area (Å²) in [5.41, 5.74) is 0.623. The smallest absolute Gasteiger partial charge is 0.338 e. The third-order valence-electron chi connectivity index (χ3n) is 2.07. The van der Waals surface area contributed by atoms with Crippen molar-refractivity contribution in [3.05, 3.63) is 37.9 Å². The van der Waals surface area contributed by atoms with Gasteiger partial charge in [-0.05, 0) is 34.1 Å². The van der Waals surface area contributed by atoms with Crippen molar-refractivity contribution in [3.8, 4) is 0 Å². The van der Waals surface area contributed by atoms with Gasteiger partial charge in [0.1, 0.15) is 5.15 Å². The molecule has 0 saturated carbocycles. The van der Waals surface area contributed by atoms with Crippen molar-refractivity contribution in [1.82, 2.24) is 4.98 Å². The van der Waals surface area contributed by atoms with Crippen molar-refractivity contribution < 1.29 is 9.90 Å². The monoisotopic (exact) mass is 363 g/mol. The fourth-order valence-corrected chi connectivity index (χ4v) is 2.41. The maximum atomic E-state index is 10.9. The first-order valence-electron chi connectivity index (χ1n) is 4.18. The molecule has 0 aliphatic carbocycles. The minimum Gasteiger partial charge on any atom is -0.478 e. The molecule has 0 unspecified atom stereocenters. The number of halogens is 3. The summed E-state index contributed by atoms with van der Waals surface area (Å²) in [6.07, 6.45) is 0. The molecule has 0 spiro atoms. The molecule has 0 atom stereocenters. The second kappa shape index (κ2) is 4.31. The maximum Gasteiger partial charge on any atom is 0.338 e. The summed E-state index contributed by atoms with van der Waals surface area (Å²) in [4.78, 5) is 15.0. The van der Waals surface area contributed by atoms with Crippen molar-refractivity contribution >= 4 is 60.3 Å². The van der Waals surface area contributed by atoms with Gasteiger partial charge in [-0.3, -0.25) is 0 Å². The van der Waals surface area contributed by atoms with Crippen LogP contribution in [0.3, 0.4) is 0 Å². The van der Waals surface area contributed by atoms with Crippen molar-refractivity contribution in [2.45, 2.75) is 0 Å². The molecule has 1 aromatic carbocycles. The van der Waals surface area contributed by atoms with Gasteiger partial charge in [0.05, 0.1) is 11.1 Å². The minimum absolute atomic E-state index is 0.00651. The van der Waals surface area contributed by atoms with Gasteiger partial charge in [-0.15, -0.1) is 0 Å². The zero-order valence-corrected chi connectivity index (χ0v) is 11.6. The molecule has 82 valence electrons. The molecule has 2 rings (SSSR count). The summed E-state index contributed by atoms with van der Waals surface area (Å²) < 4.78 is 1.54. The van der Waals surface area contributed by atoms with E-state index in [1.807, 2.05) is 12.1 Å². The zero-order chi connectivity index (χ0) is 11.9. The number of hydrogen-bond donors (Lipinski definition) is 1. The second-order valence-electron chi connectivity index (χ2n) is 3.06. The van der Waals surface area contributed by atoms with E-state index in [1.54, 1.807) is 0 Å². The quantitative estimate of drug-likeness (QED) is 0.774. The van der Waals surface area contributed by atoms with E-state index in [9.17, 15) is 4.79 Å². The number of pyridine rings is 1. The molecule has 0 fully saturated rings. The Morgan fingerprint density at radius 3 is 2.56 bits per heavy atom. The van der Waals surface area contributed by atoms with E-state index in [0.29, 0.717) is 10.9 Å². The van der Waals surface area contributed by atoms with Crippen LogP contribution in [-0.4, -0.2) is 16.1 Å². The third-order valence-corrected chi connectivity index (χ3v) is 3.69. The van der Waals surface area contributed by atoms with Gasteiger partial charge >= 0.3 is 5.97 Å². The molecule has 0 radical (unpaired) electrons. The third kappa shape index (κ3) is 1.95. The number of rotatable bonds is 1. The van der Waals surface area contributed by atoms with Crippen LogP contribution in [0.1, 0.15) is 10.4 Å². The molecule has 1 aromatic heterocycles. The van der Waals surface area contributed by atoms with Crippen LogP contribution in [0.25, 0.3) is 10.9 Å². The van der Waals surface area contributed by atoms with Crippen molar-refractivity contribution in [2.75, 3.05) is 0 Å². The van der Waals surface area contributed by atoms with Gasteiger partial charge in [0.25, 0.3) is 0 Å². The van der Waals surface area contributed by atoms with Crippen LogP contribution in [0, 0.1) is 0 Å². The SMILES string of the molecule is O=C(O)c1cc2c(Br)ccc(Br)c2nc1Cl. The van der Waals surface area contributed by atoms with E-state index < -0.39 is 5.97 Å². The van der Waals surface area contributed by atoms with E-state index in [1.165, 1.54) is 6.07 Å². The van der Waals surface area contributed by atoms with Crippen molar-refractivity contribution in [1.29, 1.82) is 0 Å². The minimum atomic E-state index is -1.09. The summed E-state index contributed by atoms with van der Waals surface area (Å²) in [7, 11) is 0. The van der Waals surface area contributed by atoms with E-state index in [4.69, 9.17) is 16.7 Å². The topological polar surface area (TPSA) is 50.2 Å². The van der Waals surface area contributed by atoms with Gasteiger partial charge in [0.15, 0.2) is 0 Å². The Bertz CT molecular complexity index is 601. The first-order chi connectivity index (χ1) is 7.50. The molecule has 0 amide bonds. The Morgan fingerprint density at radius 1 is 1.31 bits per heavy atom. The maximum absolute atomic E-state index is 10.9. The first kappa shape index (κ1) is 11.8. The van der Waals surface area contributed by atoms with Crippen LogP contribution < -0.4 is 0 Å². The number of hydrogen-bond acceptors (Lipinski definition) is 2. The number of carbonyl (C=O) groups is 1. The highest BCUT2D eigenvalue weighted by atomic mass is 79.9. The summed E-state index contributed by atoms with van der Waals surface area (Å²) in [6, 6.07) is 5.13. The molecule has 0 aliphatic rings. The Labute approximate surface area is 113 Å². The predicted molar refractivity (Wildman–Crippen MR) is 69.1 cm³/mol. The molecule has 3 nitrogen and oxygen atoms in total. The van der Waals surface area contributed by atoms with Crippen LogP contribution in [0.15, 0.2) is 27.1 Å². The molecule has 2 aromatic rings. The van der Waals surface area contributed by atoms with Crippen LogP contribution in [0.2, 0.25) is 5.15 Å². The summed E-state index contributed by atoms with van der Waals surface area (Å²) in [5.74, 6) is -1.09. The van der Waals surface area contributed by atoms with Crippen LogP contribution >= 0.6 is 43.5 Å². The largest absolute Gasteiger partial charge is 0.478 e.